The van der Waals surface area contributed by atoms with Crippen LogP contribution < -0.4 is 5.32 Å². The van der Waals surface area contributed by atoms with Crippen LogP contribution in [0, 0.1) is 0 Å². The first kappa shape index (κ1) is 11.8. The Morgan fingerprint density at radius 3 is 2.12 bits per heavy atom. The van der Waals surface area contributed by atoms with Crippen molar-refractivity contribution in [1.29, 1.82) is 0 Å². The van der Waals surface area contributed by atoms with Gasteiger partial charge in [0.1, 0.15) is 0 Å². The molecule has 0 aliphatic rings. The van der Waals surface area contributed by atoms with Crippen LogP contribution in [-0.2, 0) is 0 Å². The number of nitrogens with one attached hydrogen (secondary N) is 1. The van der Waals surface area contributed by atoms with Crippen molar-refractivity contribution in [2.24, 2.45) is 0 Å². The van der Waals surface area contributed by atoms with Crippen molar-refractivity contribution >= 4 is 17.7 Å². The smallest absolute Gasteiger partial charge is 0.0619 e. The van der Waals surface area contributed by atoms with Crippen molar-refractivity contribution in [1.82, 2.24) is 5.32 Å². The molecule has 0 saturated heterocycles. The normalized spacial score (nSPS) is 11.8. The summed E-state index contributed by atoms with van der Waals surface area (Å²) in [4.78, 5) is 0. The highest BCUT2D eigenvalue weighted by atomic mass is 32.1. The molecule has 0 heterocycles. The van der Waals surface area contributed by atoms with E-state index in [4.69, 9.17) is 12.2 Å². The molecule has 2 aromatic rings. The maximum absolute atomic E-state index is 4.79. The average Bonchev–Trinajstić information content (AvgIpc) is 2.40. The quantitative estimate of drug-likeness (QED) is 0.813. The third-order valence-corrected chi connectivity index (χ3v) is 2.97. The van der Waals surface area contributed by atoms with E-state index in [-0.39, 0.29) is 6.04 Å². The lowest BCUT2D eigenvalue weighted by molar-refractivity contribution is 0.733. The van der Waals surface area contributed by atoms with Crippen LogP contribution in [0.25, 0.3) is 11.1 Å². The maximum Gasteiger partial charge on any atom is 0.0619 e. The first-order chi connectivity index (χ1) is 8.31. The van der Waals surface area contributed by atoms with Crippen LogP contribution in [0.2, 0.25) is 0 Å². The average molecular weight is 241 g/mol. The summed E-state index contributed by atoms with van der Waals surface area (Å²) in [5.74, 6) is 0. The Labute approximate surface area is 107 Å². The second-order valence-electron chi connectivity index (χ2n) is 3.99. The first-order valence-electron chi connectivity index (χ1n) is 5.66. The van der Waals surface area contributed by atoms with Gasteiger partial charge in [0.05, 0.1) is 5.49 Å². The van der Waals surface area contributed by atoms with Gasteiger partial charge in [-0.15, -0.1) is 0 Å². The Hall–Kier alpha value is -1.67. The maximum atomic E-state index is 4.79. The van der Waals surface area contributed by atoms with E-state index < -0.39 is 0 Å². The summed E-state index contributed by atoms with van der Waals surface area (Å²) in [5.41, 5.74) is 5.29. The summed E-state index contributed by atoms with van der Waals surface area (Å²) in [5, 5.41) is 3.11. The second-order valence-corrected chi connectivity index (χ2v) is 4.23. The van der Waals surface area contributed by atoms with E-state index in [1.165, 1.54) is 16.7 Å². The molecule has 2 rings (SSSR count). The Kier molecular flexibility index (Phi) is 3.89. The summed E-state index contributed by atoms with van der Waals surface area (Å²) < 4.78 is 0. The number of hydrogen-bond acceptors (Lipinski definition) is 1. The van der Waals surface area contributed by atoms with Gasteiger partial charge >= 0.3 is 0 Å². The molecule has 0 aliphatic heterocycles. The lowest BCUT2D eigenvalue weighted by Gasteiger charge is -2.12. The summed E-state index contributed by atoms with van der Waals surface area (Å²) >= 11 is 4.79. The lowest BCUT2D eigenvalue weighted by Crippen LogP contribution is -2.14. The van der Waals surface area contributed by atoms with Crippen LogP contribution in [0.4, 0.5) is 0 Å². The van der Waals surface area contributed by atoms with Gasteiger partial charge in [0.2, 0.25) is 0 Å². The van der Waals surface area contributed by atoms with Crippen LogP contribution >= 0.6 is 12.2 Å². The molecule has 1 unspecified atom stereocenters. The fourth-order valence-corrected chi connectivity index (χ4v) is 2.00. The predicted molar refractivity (Wildman–Crippen MR) is 77.1 cm³/mol. The highest BCUT2D eigenvalue weighted by Crippen LogP contribution is 2.21. The molecule has 0 aliphatic carbocycles. The van der Waals surface area contributed by atoms with Crippen molar-refractivity contribution in [2.45, 2.75) is 13.0 Å². The van der Waals surface area contributed by atoms with Gasteiger partial charge in [-0.1, -0.05) is 66.8 Å². The Balaban J connectivity index is 2.21. The summed E-state index contributed by atoms with van der Waals surface area (Å²) in [6.07, 6.45) is 0. The highest BCUT2D eigenvalue weighted by Gasteiger charge is 2.03. The van der Waals surface area contributed by atoms with Gasteiger partial charge in [0.25, 0.3) is 0 Å². The van der Waals surface area contributed by atoms with Gasteiger partial charge in [-0.25, -0.2) is 0 Å². The molecular formula is C15H15NS. The lowest BCUT2D eigenvalue weighted by atomic mass is 10.0. The summed E-state index contributed by atoms with van der Waals surface area (Å²) in [6.45, 7) is 2.10. The molecule has 1 nitrogen and oxygen atoms in total. The third kappa shape index (κ3) is 2.92. The van der Waals surface area contributed by atoms with Crippen LogP contribution in [0.15, 0.2) is 54.6 Å². The Morgan fingerprint density at radius 1 is 0.941 bits per heavy atom. The van der Waals surface area contributed by atoms with Crippen molar-refractivity contribution in [2.75, 3.05) is 0 Å². The zero-order chi connectivity index (χ0) is 12.1. The minimum absolute atomic E-state index is 0.261. The highest BCUT2D eigenvalue weighted by molar-refractivity contribution is 7.78. The van der Waals surface area contributed by atoms with Crippen molar-refractivity contribution in [3.8, 4) is 11.1 Å². The third-order valence-electron chi connectivity index (χ3n) is 2.84. The van der Waals surface area contributed by atoms with Crippen LogP contribution in [0.5, 0.6) is 0 Å². The van der Waals surface area contributed by atoms with E-state index in [1.807, 2.05) is 6.07 Å². The monoisotopic (exact) mass is 241 g/mol. The van der Waals surface area contributed by atoms with E-state index in [2.05, 4.69) is 60.8 Å². The molecule has 2 heteroatoms. The fourth-order valence-electron chi connectivity index (χ4n) is 1.79. The molecule has 0 bridgehead atoms. The molecule has 86 valence electrons. The largest absolute Gasteiger partial charge is 0.376 e. The van der Waals surface area contributed by atoms with E-state index in [0.29, 0.717) is 0 Å². The molecule has 0 spiro atoms. The van der Waals surface area contributed by atoms with Crippen molar-refractivity contribution < 1.29 is 0 Å². The fraction of sp³-hybridized carbons (Fsp3) is 0.133. The van der Waals surface area contributed by atoms with Gasteiger partial charge in [0.15, 0.2) is 0 Å². The van der Waals surface area contributed by atoms with Gasteiger partial charge < -0.3 is 5.32 Å². The van der Waals surface area contributed by atoms with Gasteiger partial charge in [0, 0.05) is 6.04 Å². The first-order valence-corrected chi connectivity index (χ1v) is 6.13. The predicted octanol–water partition coefficient (Wildman–Crippen LogP) is 3.96. The SMILES string of the molecule is CC(NC=S)c1ccc(-c2ccccc2)cc1. The molecule has 17 heavy (non-hydrogen) atoms. The number of rotatable bonds is 4. The number of hydrogen-bond donors (Lipinski definition) is 1. The summed E-state index contributed by atoms with van der Waals surface area (Å²) in [7, 11) is 0. The Morgan fingerprint density at radius 2 is 1.53 bits per heavy atom. The van der Waals surface area contributed by atoms with Crippen LogP contribution in [0.1, 0.15) is 18.5 Å². The van der Waals surface area contributed by atoms with E-state index in [1.54, 1.807) is 5.49 Å². The molecule has 2 aromatic carbocycles. The molecule has 1 atom stereocenters. The van der Waals surface area contributed by atoms with Gasteiger partial charge in [-0.3, -0.25) is 0 Å². The topological polar surface area (TPSA) is 12.0 Å². The van der Waals surface area contributed by atoms with Crippen molar-refractivity contribution in [3.63, 3.8) is 0 Å². The number of benzene rings is 2. The molecule has 0 radical (unpaired) electrons. The molecule has 0 amide bonds. The second kappa shape index (κ2) is 5.60. The molecule has 1 N–H and O–H groups in total. The van der Waals surface area contributed by atoms with E-state index in [0.717, 1.165) is 0 Å². The van der Waals surface area contributed by atoms with Crippen LogP contribution in [0.3, 0.4) is 0 Å². The molecular weight excluding hydrogens is 226 g/mol. The standard InChI is InChI=1S/C15H15NS/c1-12(16-11-17)13-7-9-15(10-8-13)14-5-3-2-4-6-14/h2-12H,1H3,(H,16,17). The van der Waals surface area contributed by atoms with Crippen molar-refractivity contribution in [3.05, 3.63) is 60.2 Å². The van der Waals surface area contributed by atoms with Gasteiger partial charge in [-0.05, 0) is 23.6 Å². The molecule has 0 fully saturated rings. The zero-order valence-corrected chi connectivity index (χ0v) is 10.6. The molecule has 0 aromatic heterocycles. The van der Waals surface area contributed by atoms with Gasteiger partial charge in [-0.2, -0.15) is 0 Å². The zero-order valence-electron chi connectivity index (χ0n) is 9.76. The van der Waals surface area contributed by atoms with E-state index >= 15 is 0 Å². The minimum Gasteiger partial charge on any atom is -0.376 e. The number of thiocarbonyl (C=S) groups is 1. The van der Waals surface area contributed by atoms with Crippen LogP contribution in [-0.4, -0.2) is 5.49 Å². The Bertz CT molecular complexity index is 476. The molecule has 0 saturated carbocycles. The van der Waals surface area contributed by atoms with E-state index in [9.17, 15) is 0 Å². The summed E-state index contributed by atoms with van der Waals surface area (Å²) in [6, 6.07) is 19.2. The minimum atomic E-state index is 0.261.